The second kappa shape index (κ2) is 9.00. The highest BCUT2D eigenvalue weighted by Gasteiger charge is 2.52. The zero-order valence-electron chi connectivity index (χ0n) is 19.7. The Balaban J connectivity index is 1.46. The Labute approximate surface area is 195 Å². The Kier molecular flexibility index (Phi) is 6.28. The van der Waals surface area contributed by atoms with E-state index in [1.165, 1.54) is 0 Å². The normalized spacial score (nSPS) is 16.5. The van der Waals surface area contributed by atoms with Crippen LogP contribution in [0.2, 0.25) is 0 Å². The number of carbonyl (C=O) groups excluding carboxylic acids is 1. The molecule has 1 aromatic heterocycles. The van der Waals surface area contributed by atoms with Crippen LogP contribution in [0.25, 0.3) is 0 Å². The first-order chi connectivity index (χ1) is 15.6. The molecule has 2 aromatic carbocycles. The summed E-state index contributed by atoms with van der Waals surface area (Å²) in [7, 11) is -0.562. The molecule has 6 nitrogen and oxygen atoms in total. The van der Waals surface area contributed by atoms with Crippen molar-refractivity contribution in [1.82, 2.24) is 4.98 Å². The van der Waals surface area contributed by atoms with E-state index in [1.807, 2.05) is 71.0 Å². The van der Waals surface area contributed by atoms with E-state index in [0.29, 0.717) is 23.6 Å². The fourth-order valence-electron chi connectivity index (χ4n) is 3.50. The number of anilines is 1. The molecule has 1 N–H and O–H groups in total. The predicted octanol–water partition coefficient (Wildman–Crippen LogP) is 4.52. The molecule has 0 atom stereocenters. The average Bonchev–Trinajstić information content (AvgIpc) is 3.01. The number of nitrogens with zero attached hydrogens (tertiary/aromatic N) is 1. The maximum Gasteiger partial charge on any atom is 0.496 e. The minimum atomic E-state index is -0.562. The highest BCUT2D eigenvalue weighted by molar-refractivity contribution is 6.64. The highest BCUT2D eigenvalue weighted by Crippen LogP contribution is 2.37. The van der Waals surface area contributed by atoms with E-state index < -0.39 is 18.3 Å². The second-order valence-electron chi connectivity index (χ2n) is 9.27. The van der Waals surface area contributed by atoms with Gasteiger partial charge in [0.2, 0.25) is 0 Å². The van der Waals surface area contributed by atoms with Gasteiger partial charge < -0.3 is 19.4 Å². The van der Waals surface area contributed by atoms with Crippen molar-refractivity contribution in [3.63, 3.8) is 0 Å². The van der Waals surface area contributed by atoms with Crippen LogP contribution in [0.1, 0.15) is 49.3 Å². The molecule has 1 amide bonds. The van der Waals surface area contributed by atoms with Crippen molar-refractivity contribution in [3.05, 3.63) is 83.7 Å². The molecular formula is C26H29BN2O4. The number of rotatable bonds is 6. The molecule has 4 rings (SSSR count). The van der Waals surface area contributed by atoms with Crippen LogP contribution in [-0.4, -0.2) is 29.2 Å². The second-order valence-corrected chi connectivity index (χ2v) is 9.27. The van der Waals surface area contributed by atoms with Crippen molar-refractivity contribution < 1.29 is 18.8 Å². The van der Waals surface area contributed by atoms with Gasteiger partial charge in [0.1, 0.15) is 12.4 Å². The summed E-state index contributed by atoms with van der Waals surface area (Å²) < 4.78 is 18.2. The number of benzene rings is 2. The number of carbonyl (C=O) groups is 1. The summed E-state index contributed by atoms with van der Waals surface area (Å²) in [5, 5.41) is 3.01. The quantitative estimate of drug-likeness (QED) is 0.567. The number of aryl methyl sites for hydroxylation is 1. The third-order valence-corrected chi connectivity index (χ3v) is 6.19. The predicted molar refractivity (Wildman–Crippen MR) is 130 cm³/mol. The molecule has 0 radical (unpaired) electrons. The number of amides is 1. The van der Waals surface area contributed by atoms with Gasteiger partial charge in [-0.2, -0.15) is 0 Å². The van der Waals surface area contributed by atoms with Crippen LogP contribution in [0.3, 0.4) is 0 Å². The van der Waals surface area contributed by atoms with E-state index in [1.54, 1.807) is 30.5 Å². The summed E-state index contributed by atoms with van der Waals surface area (Å²) >= 11 is 0. The van der Waals surface area contributed by atoms with Crippen LogP contribution >= 0.6 is 0 Å². The summed E-state index contributed by atoms with van der Waals surface area (Å²) in [6.45, 7) is 10.4. The Morgan fingerprint density at radius 3 is 2.33 bits per heavy atom. The number of aromatic nitrogens is 1. The SMILES string of the molecule is Cc1ccc(NC(=O)c2ccc(OCc3ccccn3)cc2)c(B2OC(C)(C)C(C)(C)O2)c1. The number of pyridine rings is 1. The van der Waals surface area contributed by atoms with Gasteiger partial charge in [0.15, 0.2) is 0 Å². The van der Waals surface area contributed by atoms with E-state index in [0.717, 1.165) is 16.7 Å². The molecule has 1 fully saturated rings. The molecule has 170 valence electrons. The first-order valence-corrected chi connectivity index (χ1v) is 11.0. The molecule has 1 aliphatic heterocycles. The average molecular weight is 444 g/mol. The van der Waals surface area contributed by atoms with Gasteiger partial charge in [0, 0.05) is 22.9 Å². The van der Waals surface area contributed by atoms with Gasteiger partial charge in [-0.15, -0.1) is 0 Å². The summed E-state index contributed by atoms with van der Waals surface area (Å²) in [5.41, 5.74) is 2.97. The van der Waals surface area contributed by atoms with Gasteiger partial charge in [-0.3, -0.25) is 9.78 Å². The van der Waals surface area contributed by atoms with Crippen molar-refractivity contribution in [3.8, 4) is 5.75 Å². The third kappa shape index (κ3) is 5.10. The molecule has 33 heavy (non-hydrogen) atoms. The summed E-state index contributed by atoms with van der Waals surface area (Å²) in [6, 6.07) is 18.6. The van der Waals surface area contributed by atoms with Gasteiger partial charge in [-0.05, 0) is 77.1 Å². The molecule has 0 bridgehead atoms. The monoisotopic (exact) mass is 444 g/mol. The standard InChI is InChI=1S/C26H29BN2O4/c1-18-9-14-23(22(16-18)27-32-25(2,3)26(4,5)33-27)29-24(30)19-10-12-21(13-11-19)31-17-20-8-6-7-15-28-20/h6-16H,17H2,1-5H3,(H,29,30). The third-order valence-electron chi connectivity index (χ3n) is 6.19. The molecule has 0 unspecified atom stereocenters. The summed E-state index contributed by atoms with van der Waals surface area (Å²) in [6.07, 6.45) is 1.73. The maximum atomic E-state index is 13.0. The lowest BCUT2D eigenvalue weighted by Gasteiger charge is -2.32. The fourth-order valence-corrected chi connectivity index (χ4v) is 3.50. The minimum absolute atomic E-state index is 0.215. The molecular weight excluding hydrogens is 415 g/mol. The highest BCUT2D eigenvalue weighted by atomic mass is 16.7. The summed E-state index contributed by atoms with van der Waals surface area (Å²) in [5.74, 6) is 0.457. The smallest absolute Gasteiger partial charge is 0.487 e. The van der Waals surface area contributed by atoms with Gasteiger partial charge >= 0.3 is 7.12 Å². The van der Waals surface area contributed by atoms with Crippen LogP contribution in [-0.2, 0) is 15.9 Å². The summed E-state index contributed by atoms with van der Waals surface area (Å²) in [4.78, 5) is 17.2. The molecule has 1 aliphatic rings. The van der Waals surface area contributed by atoms with E-state index in [4.69, 9.17) is 14.0 Å². The molecule has 0 saturated carbocycles. The van der Waals surface area contributed by atoms with Crippen molar-refractivity contribution in [2.45, 2.75) is 52.4 Å². The van der Waals surface area contributed by atoms with Gasteiger partial charge in [-0.1, -0.05) is 23.8 Å². The zero-order valence-corrected chi connectivity index (χ0v) is 19.7. The first-order valence-electron chi connectivity index (χ1n) is 11.0. The molecule has 7 heteroatoms. The van der Waals surface area contributed by atoms with Crippen molar-refractivity contribution in [2.75, 3.05) is 5.32 Å². The largest absolute Gasteiger partial charge is 0.496 e. The van der Waals surface area contributed by atoms with Crippen LogP contribution in [0, 0.1) is 6.92 Å². The van der Waals surface area contributed by atoms with E-state index in [-0.39, 0.29) is 5.91 Å². The maximum absolute atomic E-state index is 13.0. The molecule has 0 aliphatic carbocycles. The van der Waals surface area contributed by atoms with E-state index >= 15 is 0 Å². The lowest BCUT2D eigenvalue weighted by atomic mass is 9.77. The van der Waals surface area contributed by atoms with E-state index in [2.05, 4.69) is 10.3 Å². The van der Waals surface area contributed by atoms with Crippen LogP contribution in [0.4, 0.5) is 5.69 Å². The lowest BCUT2D eigenvalue weighted by molar-refractivity contribution is 0.00578. The van der Waals surface area contributed by atoms with Crippen molar-refractivity contribution in [2.24, 2.45) is 0 Å². The van der Waals surface area contributed by atoms with Gasteiger partial charge in [0.05, 0.1) is 16.9 Å². The van der Waals surface area contributed by atoms with Crippen LogP contribution in [0.5, 0.6) is 5.75 Å². The van der Waals surface area contributed by atoms with Gasteiger partial charge in [0.25, 0.3) is 5.91 Å². The molecule has 2 heterocycles. The van der Waals surface area contributed by atoms with Gasteiger partial charge in [-0.25, -0.2) is 0 Å². The molecule has 0 spiro atoms. The van der Waals surface area contributed by atoms with Crippen molar-refractivity contribution in [1.29, 1.82) is 0 Å². The Bertz CT molecular complexity index is 1110. The first kappa shape index (κ1) is 23.0. The number of hydrogen-bond donors (Lipinski definition) is 1. The van der Waals surface area contributed by atoms with Crippen LogP contribution in [0.15, 0.2) is 66.9 Å². The number of nitrogens with one attached hydrogen (secondary N) is 1. The Morgan fingerprint density at radius 2 is 1.70 bits per heavy atom. The topological polar surface area (TPSA) is 69.7 Å². The Hall–Kier alpha value is -3.16. The lowest BCUT2D eigenvalue weighted by Crippen LogP contribution is -2.41. The fraction of sp³-hybridized carbons (Fsp3) is 0.308. The van der Waals surface area contributed by atoms with E-state index in [9.17, 15) is 4.79 Å². The molecule has 1 saturated heterocycles. The number of ether oxygens (including phenoxy) is 1. The minimum Gasteiger partial charge on any atom is -0.487 e. The Morgan fingerprint density at radius 1 is 1.00 bits per heavy atom. The zero-order chi connectivity index (χ0) is 23.6. The number of hydrogen-bond acceptors (Lipinski definition) is 5. The van der Waals surface area contributed by atoms with Crippen LogP contribution < -0.4 is 15.5 Å². The molecule has 3 aromatic rings. The van der Waals surface area contributed by atoms with Crippen molar-refractivity contribution >= 4 is 24.2 Å².